The molecule has 0 amide bonds. The Hall–Kier alpha value is -1.63. The highest BCUT2D eigenvalue weighted by Gasteiger charge is 2.05. The molecule has 0 fully saturated rings. The van der Waals surface area contributed by atoms with E-state index in [0.29, 0.717) is 39.1 Å². The number of carbonyl (C=O) groups is 3. The molecule has 0 aromatic carbocycles. The van der Waals surface area contributed by atoms with E-state index >= 15 is 0 Å². The van der Waals surface area contributed by atoms with Crippen LogP contribution in [-0.2, 0) is 28.6 Å². The van der Waals surface area contributed by atoms with Gasteiger partial charge in [0.2, 0.25) is 0 Å². The van der Waals surface area contributed by atoms with Gasteiger partial charge < -0.3 is 14.2 Å². The highest BCUT2D eigenvalue weighted by molar-refractivity contribution is 5.37. The molecule has 0 unspecified atom stereocenters. The summed E-state index contributed by atoms with van der Waals surface area (Å²) in [7, 11) is 0. The Morgan fingerprint density at radius 1 is 0.688 bits per heavy atom. The Morgan fingerprint density at radius 2 is 1.00 bits per heavy atom. The summed E-state index contributed by atoms with van der Waals surface area (Å²) in [6, 6.07) is 0. The molecule has 0 aliphatic heterocycles. The molecule has 0 aliphatic rings. The zero-order valence-electron chi connectivity index (χ0n) is 8.87. The molecule has 0 atom stereocenters. The average molecular weight is 233 g/mol. The van der Waals surface area contributed by atoms with Crippen LogP contribution in [0.25, 0.3) is 0 Å². The molecular weight excluding hydrogens is 218 g/mol. The summed E-state index contributed by atoms with van der Waals surface area (Å²) >= 11 is 0. The van der Waals surface area contributed by atoms with Crippen LogP contribution < -0.4 is 0 Å². The fourth-order valence-electron chi connectivity index (χ4n) is 1.03. The van der Waals surface area contributed by atoms with Gasteiger partial charge in [0.1, 0.15) is 19.8 Å². The fraction of sp³-hybridized carbons (Fsp3) is 0.667. The monoisotopic (exact) mass is 233 g/mol. The van der Waals surface area contributed by atoms with Crippen LogP contribution >= 0.6 is 0 Å². The zero-order chi connectivity index (χ0) is 12.1. The molecule has 7 nitrogen and oxygen atoms in total. The molecule has 0 saturated heterocycles. The molecule has 7 heteroatoms. The lowest BCUT2D eigenvalue weighted by Crippen LogP contribution is -2.33. The lowest BCUT2D eigenvalue weighted by molar-refractivity contribution is -0.129. The van der Waals surface area contributed by atoms with E-state index in [-0.39, 0.29) is 19.8 Å². The van der Waals surface area contributed by atoms with Crippen LogP contribution in [0, 0.1) is 0 Å². The summed E-state index contributed by atoms with van der Waals surface area (Å²) in [6.45, 7) is 3.28. The van der Waals surface area contributed by atoms with E-state index in [1.54, 1.807) is 0 Å². The summed E-state index contributed by atoms with van der Waals surface area (Å²) in [5.74, 6) is 0. The summed E-state index contributed by atoms with van der Waals surface area (Å²) in [4.78, 5) is 31.6. The van der Waals surface area contributed by atoms with Gasteiger partial charge in [0.15, 0.2) is 0 Å². The molecule has 0 radical (unpaired) electrons. The Balaban J connectivity index is 3.69. The van der Waals surface area contributed by atoms with E-state index < -0.39 is 0 Å². The van der Waals surface area contributed by atoms with Crippen molar-refractivity contribution in [3.63, 3.8) is 0 Å². The minimum atomic E-state index is 0.242. The van der Waals surface area contributed by atoms with Crippen molar-refractivity contribution >= 4 is 19.4 Å². The second-order valence-electron chi connectivity index (χ2n) is 2.74. The van der Waals surface area contributed by atoms with E-state index in [9.17, 15) is 14.4 Å². The lowest BCUT2D eigenvalue weighted by atomic mass is 10.4. The quantitative estimate of drug-likeness (QED) is 0.238. The van der Waals surface area contributed by atoms with Crippen LogP contribution in [0.2, 0.25) is 0 Å². The molecule has 0 bridgehead atoms. The standard InChI is InChI=1S/C9H15NO6/c11-7-14-4-1-10(2-5-15-8-12)3-6-16-9-13/h7-9H,1-6H2. The Bertz CT molecular complexity index is 165. The first kappa shape index (κ1) is 14.4. The highest BCUT2D eigenvalue weighted by Crippen LogP contribution is 1.89. The number of carbonyl (C=O) groups excluding carboxylic acids is 3. The maximum absolute atomic E-state index is 9.92. The van der Waals surface area contributed by atoms with Crippen molar-refractivity contribution in [3.8, 4) is 0 Å². The first-order valence-corrected chi connectivity index (χ1v) is 4.73. The number of ether oxygens (including phenoxy) is 3. The normalized spacial score (nSPS) is 9.56. The first-order chi connectivity index (χ1) is 7.85. The molecule has 0 saturated carbocycles. The van der Waals surface area contributed by atoms with Gasteiger partial charge >= 0.3 is 0 Å². The van der Waals surface area contributed by atoms with Crippen molar-refractivity contribution in [2.75, 3.05) is 39.5 Å². The smallest absolute Gasteiger partial charge is 0.293 e. The van der Waals surface area contributed by atoms with Crippen molar-refractivity contribution in [2.24, 2.45) is 0 Å². The lowest BCUT2D eigenvalue weighted by Gasteiger charge is -2.20. The van der Waals surface area contributed by atoms with E-state index in [0.717, 1.165) is 0 Å². The predicted molar refractivity (Wildman–Crippen MR) is 52.5 cm³/mol. The number of hydrogen-bond acceptors (Lipinski definition) is 7. The topological polar surface area (TPSA) is 82.1 Å². The Morgan fingerprint density at radius 3 is 1.25 bits per heavy atom. The summed E-state index contributed by atoms with van der Waals surface area (Å²) < 4.78 is 13.6. The number of nitrogens with zero attached hydrogens (tertiary/aromatic N) is 1. The number of hydrogen-bond donors (Lipinski definition) is 0. The SMILES string of the molecule is O=COCCN(CCOC=O)CCOC=O. The second kappa shape index (κ2) is 11.4. The second-order valence-corrected chi connectivity index (χ2v) is 2.74. The van der Waals surface area contributed by atoms with Gasteiger partial charge in [-0.3, -0.25) is 19.3 Å². The van der Waals surface area contributed by atoms with Crippen LogP contribution in [0.3, 0.4) is 0 Å². The maximum Gasteiger partial charge on any atom is 0.293 e. The minimum absolute atomic E-state index is 0.242. The molecule has 0 aromatic heterocycles. The van der Waals surface area contributed by atoms with Crippen molar-refractivity contribution in [1.82, 2.24) is 4.90 Å². The molecule has 0 N–H and O–H groups in total. The van der Waals surface area contributed by atoms with Crippen LogP contribution in [0.5, 0.6) is 0 Å². The van der Waals surface area contributed by atoms with Crippen molar-refractivity contribution in [2.45, 2.75) is 0 Å². The molecule has 0 rings (SSSR count). The minimum Gasteiger partial charge on any atom is -0.467 e. The Kier molecular flexibility index (Phi) is 10.3. The van der Waals surface area contributed by atoms with Gasteiger partial charge in [0.25, 0.3) is 19.4 Å². The summed E-state index contributed by atoms with van der Waals surface area (Å²) in [5, 5.41) is 0. The van der Waals surface area contributed by atoms with Gasteiger partial charge in [0.05, 0.1) is 0 Å². The first-order valence-electron chi connectivity index (χ1n) is 4.73. The van der Waals surface area contributed by atoms with Gasteiger partial charge in [-0.15, -0.1) is 0 Å². The van der Waals surface area contributed by atoms with Gasteiger partial charge in [-0.2, -0.15) is 0 Å². The van der Waals surface area contributed by atoms with E-state index in [4.69, 9.17) is 0 Å². The maximum atomic E-state index is 9.92. The van der Waals surface area contributed by atoms with Crippen molar-refractivity contribution in [3.05, 3.63) is 0 Å². The molecule has 0 aliphatic carbocycles. The van der Waals surface area contributed by atoms with Crippen molar-refractivity contribution in [1.29, 1.82) is 0 Å². The van der Waals surface area contributed by atoms with Gasteiger partial charge in [0, 0.05) is 19.6 Å². The molecule has 0 aromatic rings. The van der Waals surface area contributed by atoms with Crippen LogP contribution in [0.4, 0.5) is 0 Å². The summed E-state index contributed by atoms with van der Waals surface area (Å²) in [6.07, 6.45) is 0. The molecule has 0 heterocycles. The van der Waals surface area contributed by atoms with Gasteiger partial charge in [-0.25, -0.2) is 0 Å². The third-order valence-electron chi connectivity index (χ3n) is 1.78. The van der Waals surface area contributed by atoms with Crippen LogP contribution in [-0.4, -0.2) is 63.8 Å². The molecule has 16 heavy (non-hydrogen) atoms. The highest BCUT2D eigenvalue weighted by atomic mass is 16.5. The average Bonchev–Trinajstić information content (AvgIpc) is 2.29. The predicted octanol–water partition coefficient (Wildman–Crippen LogP) is -1.19. The molecular formula is C9H15NO6. The zero-order valence-corrected chi connectivity index (χ0v) is 8.87. The largest absolute Gasteiger partial charge is 0.467 e. The molecule has 0 spiro atoms. The summed E-state index contributed by atoms with van der Waals surface area (Å²) in [5.41, 5.74) is 0. The van der Waals surface area contributed by atoms with E-state index in [2.05, 4.69) is 14.2 Å². The van der Waals surface area contributed by atoms with E-state index in [1.165, 1.54) is 0 Å². The van der Waals surface area contributed by atoms with Gasteiger partial charge in [-0.1, -0.05) is 0 Å². The van der Waals surface area contributed by atoms with Gasteiger partial charge in [-0.05, 0) is 0 Å². The third kappa shape index (κ3) is 8.95. The van der Waals surface area contributed by atoms with Crippen molar-refractivity contribution < 1.29 is 28.6 Å². The van der Waals surface area contributed by atoms with E-state index in [1.807, 2.05) is 4.90 Å². The fourth-order valence-corrected chi connectivity index (χ4v) is 1.03. The van der Waals surface area contributed by atoms with Crippen LogP contribution in [0.15, 0.2) is 0 Å². The Labute approximate surface area is 93.2 Å². The van der Waals surface area contributed by atoms with Crippen LogP contribution in [0.1, 0.15) is 0 Å². The number of rotatable bonds is 12. The third-order valence-corrected chi connectivity index (χ3v) is 1.78. The molecule has 92 valence electrons.